The second-order valence-corrected chi connectivity index (χ2v) is 10.0. The molecule has 0 aliphatic heterocycles. The van der Waals surface area contributed by atoms with Gasteiger partial charge in [-0.1, -0.05) is 60.1 Å². The number of rotatable bonds is 8. The zero-order chi connectivity index (χ0) is 25.7. The Morgan fingerprint density at radius 2 is 1.44 bits per heavy atom. The van der Waals surface area contributed by atoms with E-state index in [-0.39, 0.29) is 27.6 Å². The lowest BCUT2D eigenvalue weighted by Crippen LogP contribution is -2.38. The van der Waals surface area contributed by atoms with Crippen LogP contribution in [0.5, 0.6) is 0 Å². The van der Waals surface area contributed by atoms with Gasteiger partial charge in [-0.15, -0.1) is 0 Å². The Hall–Kier alpha value is -4.01. The van der Waals surface area contributed by atoms with Crippen LogP contribution in [0.4, 0.5) is 15.8 Å². The molecule has 1 N–H and O–H groups in total. The molecule has 1 amide bonds. The van der Waals surface area contributed by atoms with Crippen molar-refractivity contribution >= 4 is 44.7 Å². The maximum Gasteiger partial charge on any atom is 0.264 e. The third kappa shape index (κ3) is 5.62. The Kier molecular flexibility index (Phi) is 7.47. The number of carbonyl (C=O) groups excluding carboxylic acids is 2. The quantitative estimate of drug-likeness (QED) is 0.308. The number of halogens is 2. The second kappa shape index (κ2) is 10.7. The summed E-state index contributed by atoms with van der Waals surface area (Å²) in [7, 11) is -4.17. The van der Waals surface area contributed by atoms with Gasteiger partial charge in [0.25, 0.3) is 10.0 Å². The number of hydrogen-bond acceptors (Lipinski definition) is 4. The average molecular weight is 523 g/mol. The van der Waals surface area contributed by atoms with Crippen molar-refractivity contribution in [3.8, 4) is 0 Å². The molecule has 0 radical (unpaired) electrons. The van der Waals surface area contributed by atoms with Crippen molar-refractivity contribution < 1.29 is 22.4 Å². The fraction of sp³-hybridized carbons (Fsp3) is 0.0370. The number of amides is 1. The van der Waals surface area contributed by atoms with E-state index in [1.54, 1.807) is 48.5 Å². The fourth-order valence-electron chi connectivity index (χ4n) is 3.52. The monoisotopic (exact) mass is 522 g/mol. The van der Waals surface area contributed by atoms with Gasteiger partial charge in [0, 0.05) is 16.1 Å². The van der Waals surface area contributed by atoms with Gasteiger partial charge < -0.3 is 5.32 Å². The van der Waals surface area contributed by atoms with Gasteiger partial charge in [0.2, 0.25) is 5.91 Å². The van der Waals surface area contributed by atoms with Gasteiger partial charge in [-0.25, -0.2) is 12.8 Å². The van der Waals surface area contributed by atoms with Gasteiger partial charge in [0.15, 0.2) is 5.78 Å². The van der Waals surface area contributed by atoms with E-state index in [2.05, 4.69) is 5.32 Å². The number of hydrogen-bond donors (Lipinski definition) is 1. The zero-order valence-electron chi connectivity index (χ0n) is 18.8. The summed E-state index contributed by atoms with van der Waals surface area (Å²) in [6, 6.07) is 25.3. The van der Waals surface area contributed by atoms with Gasteiger partial charge in [0.1, 0.15) is 12.4 Å². The summed E-state index contributed by atoms with van der Waals surface area (Å²) in [6.07, 6.45) is 0. The highest BCUT2D eigenvalue weighted by Gasteiger charge is 2.28. The standard InChI is InChI=1S/C27H20ClFN2O4S/c28-20-11-16-25(24(17-20)27(33)19-7-3-1-4-8-19)30-26(32)18-31(22-14-12-21(29)13-15-22)36(34,35)23-9-5-2-6-10-23/h1-17H,18H2,(H,30,32). The third-order valence-corrected chi connectivity index (χ3v) is 7.29. The van der Waals surface area contributed by atoms with Crippen molar-refractivity contribution in [2.75, 3.05) is 16.2 Å². The normalized spacial score (nSPS) is 11.1. The van der Waals surface area contributed by atoms with E-state index < -0.39 is 28.3 Å². The van der Waals surface area contributed by atoms with E-state index in [9.17, 15) is 22.4 Å². The van der Waals surface area contributed by atoms with Crippen LogP contribution in [0.2, 0.25) is 5.02 Å². The maximum absolute atomic E-state index is 13.5. The van der Waals surface area contributed by atoms with Gasteiger partial charge in [-0.3, -0.25) is 13.9 Å². The van der Waals surface area contributed by atoms with Crippen LogP contribution in [0.1, 0.15) is 15.9 Å². The molecule has 0 fully saturated rings. The zero-order valence-corrected chi connectivity index (χ0v) is 20.3. The maximum atomic E-state index is 13.5. The number of ketones is 1. The van der Waals surface area contributed by atoms with Crippen LogP contribution in [0.25, 0.3) is 0 Å². The highest BCUT2D eigenvalue weighted by Crippen LogP contribution is 2.26. The first kappa shape index (κ1) is 25.1. The Labute approximate surface area is 213 Å². The smallest absolute Gasteiger partial charge is 0.264 e. The lowest BCUT2D eigenvalue weighted by molar-refractivity contribution is -0.114. The van der Waals surface area contributed by atoms with Crippen LogP contribution >= 0.6 is 11.6 Å². The molecule has 9 heteroatoms. The molecule has 4 aromatic rings. The van der Waals surface area contributed by atoms with Crippen LogP contribution in [-0.2, 0) is 14.8 Å². The molecule has 0 aromatic heterocycles. The summed E-state index contributed by atoms with van der Waals surface area (Å²) in [4.78, 5) is 26.1. The molecule has 0 unspecified atom stereocenters. The topological polar surface area (TPSA) is 83.6 Å². The summed E-state index contributed by atoms with van der Waals surface area (Å²) in [5, 5.41) is 2.92. The molecule has 0 saturated heterocycles. The molecule has 0 heterocycles. The van der Waals surface area contributed by atoms with E-state index >= 15 is 0 Å². The molecule has 36 heavy (non-hydrogen) atoms. The van der Waals surface area contributed by atoms with Gasteiger partial charge in [-0.2, -0.15) is 0 Å². The molecule has 0 bridgehead atoms. The molecule has 0 saturated carbocycles. The highest BCUT2D eigenvalue weighted by molar-refractivity contribution is 7.92. The number of carbonyl (C=O) groups is 2. The van der Waals surface area contributed by atoms with Crippen LogP contribution in [0.3, 0.4) is 0 Å². The molecule has 0 atom stereocenters. The lowest BCUT2D eigenvalue weighted by atomic mass is 10.0. The summed E-state index contributed by atoms with van der Waals surface area (Å²) < 4.78 is 41.2. The molecular formula is C27H20ClFN2O4S. The van der Waals surface area contributed by atoms with E-state index in [1.165, 1.54) is 42.5 Å². The first-order valence-electron chi connectivity index (χ1n) is 10.8. The summed E-state index contributed by atoms with van der Waals surface area (Å²) in [5.74, 6) is -1.62. The van der Waals surface area contributed by atoms with Crippen molar-refractivity contribution in [1.29, 1.82) is 0 Å². The molecule has 0 spiro atoms. The Balaban J connectivity index is 1.66. The summed E-state index contributed by atoms with van der Waals surface area (Å²) >= 11 is 6.11. The molecule has 0 aliphatic carbocycles. The van der Waals surface area contributed by atoms with E-state index in [0.29, 0.717) is 10.6 Å². The minimum Gasteiger partial charge on any atom is -0.324 e. The Bertz CT molecular complexity index is 1500. The third-order valence-electron chi connectivity index (χ3n) is 5.27. The largest absolute Gasteiger partial charge is 0.324 e. The number of sulfonamides is 1. The predicted molar refractivity (Wildman–Crippen MR) is 137 cm³/mol. The van der Waals surface area contributed by atoms with Crippen molar-refractivity contribution in [1.82, 2.24) is 0 Å². The van der Waals surface area contributed by atoms with Crippen LogP contribution in [0.15, 0.2) is 108 Å². The van der Waals surface area contributed by atoms with Crippen LogP contribution in [-0.4, -0.2) is 26.7 Å². The molecule has 0 aliphatic rings. The second-order valence-electron chi connectivity index (χ2n) is 7.73. The van der Waals surface area contributed by atoms with Gasteiger partial charge in [-0.05, 0) is 54.6 Å². The number of anilines is 2. The van der Waals surface area contributed by atoms with Gasteiger partial charge in [0.05, 0.1) is 16.3 Å². The minimum atomic E-state index is -4.17. The molecule has 4 rings (SSSR count). The lowest BCUT2D eigenvalue weighted by Gasteiger charge is -2.24. The van der Waals surface area contributed by atoms with Crippen LogP contribution < -0.4 is 9.62 Å². The van der Waals surface area contributed by atoms with Crippen molar-refractivity contribution in [3.63, 3.8) is 0 Å². The first-order valence-corrected chi connectivity index (χ1v) is 12.6. The van der Waals surface area contributed by atoms with Crippen molar-refractivity contribution in [3.05, 3.63) is 125 Å². The Morgan fingerprint density at radius 3 is 2.08 bits per heavy atom. The average Bonchev–Trinajstić information content (AvgIpc) is 2.89. The summed E-state index contributed by atoms with van der Waals surface area (Å²) in [6.45, 7) is -0.621. The predicted octanol–water partition coefficient (Wildman–Crippen LogP) is 5.54. The first-order chi connectivity index (χ1) is 17.3. The molecule has 4 aromatic carbocycles. The number of benzene rings is 4. The fourth-order valence-corrected chi connectivity index (χ4v) is 5.13. The van der Waals surface area contributed by atoms with E-state index in [0.717, 1.165) is 16.4 Å². The molecule has 182 valence electrons. The highest BCUT2D eigenvalue weighted by atomic mass is 35.5. The molecular weight excluding hydrogens is 503 g/mol. The SMILES string of the molecule is O=C(CN(c1ccc(F)cc1)S(=O)(=O)c1ccccc1)Nc1ccc(Cl)cc1C(=O)c1ccccc1. The van der Waals surface area contributed by atoms with E-state index in [1.807, 2.05) is 0 Å². The van der Waals surface area contributed by atoms with Gasteiger partial charge >= 0.3 is 0 Å². The van der Waals surface area contributed by atoms with Crippen molar-refractivity contribution in [2.45, 2.75) is 4.90 Å². The number of nitrogens with zero attached hydrogens (tertiary/aromatic N) is 1. The summed E-state index contributed by atoms with van der Waals surface area (Å²) in [5.41, 5.74) is 0.831. The molecule has 6 nitrogen and oxygen atoms in total. The Morgan fingerprint density at radius 1 is 0.833 bits per heavy atom. The van der Waals surface area contributed by atoms with Crippen LogP contribution in [0, 0.1) is 5.82 Å². The number of nitrogens with one attached hydrogen (secondary N) is 1. The van der Waals surface area contributed by atoms with E-state index in [4.69, 9.17) is 11.6 Å². The minimum absolute atomic E-state index is 0.0337. The van der Waals surface area contributed by atoms with Crippen molar-refractivity contribution in [2.24, 2.45) is 0 Å².